The van der Waals surface area contributed by atoms with Gasteiger partial charge in [0.25, 0.3) is 0 Å². The highest BCUT2D eigenvalue weighted by Gasteiger charge is 2.21. The highest BCUT2D eigenvalue weighted by atomic mass is 32.1. The Morgan fingerprint density at radius 2 is 1.67 bits per heavy atom. The highest BCUT2D eigenvalue weighted by Crippen LogP contribution is 2.22. The number of hydrogen-bond donors (Lipinski definition) is 2. The summed E-state index contributed by atoms with van der Waals surface area (Å²) in [6.45, 7) is 2.16. The van der Waals surface area contributed by atoms with E-state index in [0.717, 1.165) is 24.9 Å². The fourth-order valence-electron chi connectivity index (χ4n) is 2.96. The maximum atomic E-state index is 5.47. The van der Waals surface area contributed by atoms with Gasteiger partial charge >= 0.3 is 0 Å². The van der Waals surface area contributed by atoms with Crippen molar-refractivity contribution >= 4 is 23.0 Å². The number of fused-ring (bicyclic) bond motifs is 1. The molecule has 2 nitrogen and oxygen atoms in total. The van der Waals surface area contributed by atoms with Crippen molar-refractivity contribution in [3.8, 4) is 0 Å². The molecule has 0 atom stereocenters. The molecule has 3 heteroatoms. The molecule has 2 N–H and O–H groups in total. The number of para-hydroxylation sites is 1. The van der Waals surface area contributed by atoms with E-state index in [9.17, 15) is 0 Å². The van der Waals surface area contributed by atoms with Crippen LogP contribution in [0.5, 0.6) is 0 Å². The third kappa shape index (κ3) is 3.24. The first-order valence-corrected chi connectivity index (χ1v) is 7.89. The maximum absolute atomic E-state index is 5.47. The minimum Gasteiger partial charge on any atom is -0.359 e. The molecule has 0 aromatic heterocycles. The van der Waals surface area contributed by atoms with Gasteiger partial charge in [-0.05, 0) is 54.2 Å². The lowest BCUT2D eigenvalue weighted by atomic mass is 10.1. The third-order valence-corrected chi connectivity index (χ3v) is 4.25. The molecule has 0 saturated carbocycles. The van der Waals surface area contributed by atoms with Crippen LogP contribution in [0.25, 0.3) is 0 Å². The van der Waals surface area contributed by atoms with Crippen molar-refractivity contribution in [3.05, 3.63) is 65.2 Å². The van der Waals surface area contributed by atoms with Crippen LogP contribution in [-0.2, 0) is 19.3 Å². The Labute approximate surface area is 131 Å². The zero-order valence-corrected chi connectivity index (χ0v) is 13.0. The molecular formula is C18H20N2S. The monoisotopic (exact) mass is 296 g/mol. The molecule has 108 valence electrons. The second kappa shape index (κ2) is 6.27. The van der Waals surface area contributed by atoms with Gasteiger partial charge in [-0.25, -0.2) is 0 Å². The van der Waals surface area contributed by atoms with Crippen molar-refractivity contribution in [2.24, 2.45) is 0 Å². The molecule has 0 radical (unpaired) electrons. The molecule has 21 heavy (non-hydrogen) atoms. The van der Waals surface area contributed by atoms with Crippen LogP contribution in [0.15, 0.2) is 48.5 Å². The second-order valence-corrected chi connectivity index (χ2v) is 5.89. The maximum Gasteiger partial charge on any atom is 0.171 e. The Hall–Kier alpha value is -1.87. The van der Waals surface area contributed by atoms with Gasteiger partial charge in [0.2, 0.25) is 0 Å². The van der Waals surface area contributed by atoms with Crippen LogP contribution < -0.4 is 10.6 Å². The van der Waals surface area contributed by atoms with E-state index in [1.54, 1.807) is 0 Å². The van der Waals surface area contributed by atoms with Gasteiger partial charge in [0, 0.05) is 11.7 Å². The van der Waals surface area contributed by atoms with Gasteiger partial charge < -0.3 is 10.6 Å². The third-order valence-electron chi connectivity index (χ3n) is 4.03. The van der Waals surface area contributed by atoms with Crippen LogP contribution in [-0.4, -0.2) is 11.2 Å². The fourth-order valence-corrected chi connectivity index (χ4v) is 3.23. The van der Waals surface area contributed by atoms with Gasteiger partial charge in [-0.3, -0.25) is 0 Å². The first-order valence-electron chi connectivity index (χ1n) is 7.48. The first-order chi connectivity index (χ1) is 10.3. The number of nitrogens with one attached hydrogen (secondary N) is 2. The summed E-state index contributed by atoms with van der Waals surface area (Å²) >= 11 is 5.47. The van der Waals surface area contributed by atoms with Crippen molar-refractivity contribution < 1.29 is 0 Å². The lowest BCUT2D eigenvalue weighted by molar-refractivity contribution is 0.648. The number of rotatable bonds is 3. The Bertz CT molecular complexity index is 626. The van der Waals surface area contributed by atoms with Gasteiger partial charge in [0.1, 0.15) is 0 Å². The molecule has 2 aromatic carbocycles. The van der Waals surface area contributed by atoms with E-state index in [-0.39, 0.29) is 0 Å². The summed E-state index contributed by atoms with van der Waals surface area (Å²) < 4.78 is 0. The average Bonchev–Trinajstić information content (AvgIpc) is 2.89. The van der Waals surface area contributed by atoms with Crippen LogP contribution >= 0.6 is 12.2 Å². The Morgan fingerprint density at radius 3 is 2.33 bits per heavy atom. The summed E-state index contributed by atoms with van der Waals surface area (Å²) in [6.07, 6.45) is 3.10. The number of anilines is 1. The summed E-state index contributed by atoms with van der Waals surface area (Å²) in [4.78, 5) is 0. The van der Waals surface area contributed by atoms with Crippen LogP contribution in [0.4, 0.5) is 5.69 Å². The van der Waals surface area contributed by atoms with Gasteiger partial charge in [-0.2, -0.15) is 0 Å². The highest BCUT2D eigenvalue weighted by molar-refractivity contribution is 7.80. The van der Waals surface area contributed by atoms with Crippen molar-refractivity contribution in [1.29, 1.82) is 0 Å². The van der Waals surface area contributed by atoms with Crippen LogP contribution in [0, 0.1) is 0 Å². The van der Waals surface area contributed by atoms with E-state index in [0.29, 0.717) is 11.2 Å². The van der Waals surface area contributed by atoms with E-state index in [4.69, 9.17) is 12.2 Å². The average molecular weight is 296 g/mol. The normalized spacial score (nSPS) is 13.8. The molecule has 3 rings (SSSR count). The van der Waals surface area contributed by atoms with Gasteiger partial charge in [0.05, 0.1) is 0 Å². The van der Waals surface area contributed by atoms with Crippen molar-refractivity contribution in [2.75, 3.05) is 5.32 Å². The fraction of sp³-hybridized carbons (Fsp3) is 0.278. The van der Waals surface area contributed by atoms with Crippen molar-refractivity contribution in [2.45, 2.75) is 32.2 Å². The molecule has 0 heterocycles. The zero-order chi connectivity index (χ0) is 14.7. The number of benzene rings is 2. The summed E-state index contributed by atoms with van der Waals surface area (Å²) in [5.74, 6) is 0. The quantitative estimate of drug-likeness (QED) is 0.845. The van der Waals surface area contributed by atoms with Crippen LogP contribution in [0.1, 0.15) is 23.6 Å². The molecule has 1 aliphatic carbocycles. The van der Waals surface area contributed by atoms with Crippen molar-refractivity contribution in [1.82, 2.24) is 5.32 Å². The van der Waals surface area contributed by atoms with Gasteiger partial charge in [-0.15, -0.1) is 0 Å². The summed E-state index contributed by atoms with van der Waals surface area (Å²) in [6, 6.07) is 17.3. The molecule has 0 bridgehead atoms. The van der Waals surface area contributed by atoms with Gasteiger partial charge in [0.15, 0.2) is 5.11 Å². The zero-order valence-electron chi connectivity index (χ0n) is 12.2. The standard InChI is InChI=1S/C18H20N2S/c1-2-13-7-5-6-10-17(13)20-18(21)19-16-11-14-8-3-4-9-15(14)12-16/h3-10,16H,2,11-12H2,1H3,(H2,19,20,21). The number of aryl methyl sites for hydroxylation is 1. The predicted octanol–water partition coefficient (Wildman–Crippen LogP) is 3.70. The van der Waals surface area contributed by atoms with Crippen LogP contribution in [0.2, 0.25) is 0 Å². The smallest absolute Gasteiger partial charge is 0.171 e. The van der Waals surface area contributed by atoms with Crippen molar-refractivity contribution in [3.63, 3.8) is 0 Å². The molecule has 0 saturated heterocycles. The Kier molecular flexibility index (Phi) is 4.20. The molecule has 2 aromatic rings. The predicted molar refractivity (Wildman–Crippen MR) is 92.8 cm³/mol. The summed E-state index contributed by atoms with van der Waals surface area (Å²) in [5.41, 5.74) is 5.27. The summed E-state index contributed by atoms with van der Waals surface area (Å²) in [5, 5.41) is 7.50. The number of hydrogen-bond acceptors (Lipinski definition) is 1. The van der Waals surface area contributed by atoms with E-state index < -0.39 is 0 Å². The lowest BCUT2D eigenvalue weighted by Crippen LogP contribution is -2.38. The molecular weight excluding hydrogens is 276 g/mol. The lowest BCUT2D eigenvalue weighted by Gasteiger charge is -2.17. The van der Waals surface area contributed by atoms with E-state index in [1.807, 2.05) is 6.07 Å². The second-order valence-electron chi connectivity index (χ2n) is 5.48. The Balaban J connectivity index is 1.61. The largest absolute Gasteiger partial charge is 0.359 e. The molecule has 0 aliphatic heterocycles. The minimum absolute atomic E-state index is 0.399. The van der Waals surface area contributed by atoms with Gasteiger partial charge in [-0.1, -0.05) is 49.4 Å². The topological polar surface area (TPSA) is 24.1 Å². The number of thiocarbonyl (C=S) groups is 1. The molecule has 1 aliphatic rings. The molecule has 0 amide bonds. The van der Waals surface area contributed by atoms with E-state index in [1.165, 1.54) is 16.7 Å². The van der Waals surface area contributed by atoms with E-state index in [2.05, 4.69) is 60.0 Å². The van der Waals surface area contributed by atoms with Crippen LogP contribution in [0.3, 0.4) is 0 Å². The molecule has 0 fully saturated rings. The Morgan fingerprint density at radius 1 is 1.05 bits per heavy atom. The first kappa shape index (κ1) is 14.1. The minimum atomic E-state index is 0.399. The molecule has 0 spiro atoms. The summed E-state index contributed by atoms with van der Waals surface area (Å²) in [7, 11) is 0. The van der Waals surface area contributed by atoms with E-state index >= 15 is 0 Å². The SMILES string of the molecule is CCc1ccccc1NC(=S)NC1Cc2ccccc2C1. The molecule has 0 unspecified atom stereocenters.